The van der Waals surface area contributed by atoms with Crippen LogP contribution < -0.4 is 10.6 Å². The summed E-state index contributed by atoms with van der Waals surface area (Å²) in [7, 11) is 6.49. The van der Waals surface area contributed by atoms with Gasteiger partial charge >= 0.3 is 0 Å². The highest BCUT2D eigenvalue weighted by Crippen LogP contribution is 2.23. The molecule has 6 rings (SSSR count). The second-order valence-corrected chi connectivity index (χ2v) is 9.61. The first-order valence-corrected chi connectivity index (χ1v) is 11.6. The minimum absolute atomic E-state index is 0.818. The van der Waals surface area contributed by atoms with E-state index in [0.717, 1.165) is 43.0 Å². The molecule has 2 fully saturated rings. The standard InChI is InChI=1S/C8H14N2.C8H16N2.C7H9N3/c1-10-5-7-2-3-9-4-8(7)6-10;1-10-5-7-3-2-4-9-8(7)6-10;1-10-4-6-7(5-10)9-3-2-8-6/h9H,2-6H2,1H3;7-9H,2-6H2,1H3;2-3H,4-5H2,1H3. The van der Waals surface area contributed by atoms with E-state index >= 15 is 0 Å². The third-order valence-electron chi connectivity index (χ3n) is 6.85. The summed E-state index contributed by atoms with van der Waals surface area (Å²) in [5, 5.41) is 6.96. The van der Waals surface area contributed by atoms with Crippen molar-refractivity contribution in [3.8, 4) is 0 Å². The number of hydrogen-bond donors (Lipinski definition) is 2. The molecule has 7 nitrogen and oxygen atoms in total. The van der Waals surface area contributed by atoms with Crippen molar-refractivity contribution in [1.29, 1.82) is 0 Å². The summed E-state index contributed by atoms with van der Waals surface area (Å²) in [5.74, 6) is 0.957. The van der Waals surface area contributed by atoms with Crippen LogP contribution in [0.1, 0.15) is 30.7 Å². The number of aromatic nitrogens is 2. The van der Waals surface area contributed by atoms with Gasteiger partial charge in [0.1, 0.15) is 0 Å². The highest BCUT2D eigenvalue weighted by Gasteiger charge is 2.31. The fourth-order valence-corrected chi connectivity index (χ4v) is 5.34. The van der Waals surface area contributed by atoms with E-state index in [1.807, 2.05) is 0 Å². The van der Waals surface area contributed by atoms with Crippen LogP contribution in [0.25, 0.3) is 0 Å². The minimum atomic E-state index is 0.818. The summed E-state index contributed by atoms with van der Waals surface area (Å²) in [6.45, 7) is 10.5. The van der Waals surface area contributed by atoms with Crippen molar-refractivity contribution in [2.24, 2.45) is 5.92 Å². The Morgan fingerprint density at radius 3 is 2.23 bits per heavy atom. The van der Waals surface area contributed by atoms with E-state index in [2.05, 4.69) is 56.4 Å². The SMILES string of the molecule is CN1CC2=C(CNCC2)C1.CN1CC2CCCNC2C1.CN1Cc2nccnc2C1. The van der Waals surface area contributed by atoms with Crippen LogP contribution in [-0.4, -0.2) is 97.7 Å². The molecule has 0 spiro atoms. The Bertz CT molecular complexity index is 677. The molecule has 2 unspecified atom stereocenters. The Balaban J connectivity index is 0.000000109. The normalized spacial score (nSPS) is 28.8. The average molecular weight is 414 g/mol. The van der Waals surface area contributed by atoms with E-state index in [4.69, 9.17) is 0 Å². The molecule has 0 aromatic carbocycles. The van der Waals surface area contributed by atoms with Gasteiger partial charge in [0.05, 0.1) is 11.4 Å². The van der Waals surface area contributed by atoms with Crippen LogP contribution in [0.3, 0.4) is 0 Å². The van der Waals surface area contributed by atoms with Gasteiger partial charge < -0.3 is 15.5 Å². The second kappa shape index (κ2) is 10.3. The molecule has 0 bridgehead atoms. The largest absolute Gasteiger partial charge is 0.313 e. The monoisotopic (exact) mass is 413 g/mol. The molecule has 166 valence electrons. The van der Waals surface area contributed by atoms with E-state index in [9.17, 15) is 0 Å². The topological polar surface area (TPSA) is 59.6 Å². The van der Waals surface area contributed by atoms with Crippen LogP contribution >= 0.6 is 0 Å². The van der Waals surface area contributed by atoms with Gasteiger partial charge in [-0.05, 0) is 65.0 Å². The summed E-state index contributed by atoms with van der Waals surface area (Å²) in [4.78, 5) is 15.4. The number of hydrogen-bond acceptors (Lipinski definition) is 7. The van der Waals surface area contributed by atoms with Crippen LogP contribution in [0.4, 0.5) is 0 Å². The molecule has 1 aromatic heterocycles. The third kappa shape index (κ3) is 5.65. The molecular weight excluding hydrogens is 374 g/mol. The molecule has 1 aromatic rings. The zero-order valence-corrected chi connectivity index (χ0v) is 19.0. The molecule has 2 N–H and O–H groups in total. The molecule has 0 radical (unpaired) electrons. The van der Waals surface area contributed by atoms with Gasteiger partial charge in [-0.2, -0.15) is 0 Å². The lowest BCUT2D eigenvalue weighted by Gasteiger charge is -2.24. The van der Waals surface area contributed by atoms with Crippen LogP contribution in [0.5, 0.6) is 0 Å². The number of nitrogens with one attached hydrogen (secondary N) is 2. The van der Waals surface area contributed by atoms with Crippen molar-refractivity contribution in [1.82, 2.24) is 35.3 Å². The Morgan fingerprint density at radius 2 is 1.53 bits per heavy atom. The van der Waals surface area contributed by atoms with E-state index in [-0.39, 0.29) is 0 Å². The third-order valence-corrected chi connectivity index (χ3v) is 6.85. The van der Waals surface area contributed by atoms with Crippen LogP contribution in [-0.2, 0) is 13.1 Å². The second-order valence-electron chi connectivity index (χ2n) is 9.61. The van der Waals surface area contributed by atoms with Gasteiger partial charge in [-0.3, -0.25) is 19.8 Å². The summed E-state index contributed by atoms with van der Waals surface area (Å²) < 4.78 is 0. The van der Waals surface area contributed by atoms with Crippen molar-refractivity contribution < 1.29 is 0 Å². The molecule has 5 aliphatic rings. The Kier molecular flexibility index (Phi) is 7.49. The summed E-state index contributed by atoms with van der Waals surface area (Å²) in [5.41, 5.74) is 5.60. The molecule has 6 heterocycles. The van der Waals surface area contributed by atoms with Gasteiger partial charge in [-0.15, -0.1) is 0 Å². The summed E-state index contributed by atoms with van der Waals surface area (Å²) >= 11 is 0. The van der Waals surface area contributed by atoms with E-state index in [1.54, 1.807) is 23.5 Å². The van der Waals surface area contributed by atoms with Gasteiger partial charge in [0, 0.05) is 64.2 Å². The van der Waals surface area contributed by atoms with Gasteiger partial charge in [0.2, 0.25) is 0 Å². The lowest BCUT2D eigenvalue weighted by molar-refractivity contribution is 0.338. The van der Waals surface area contributed by atoms with Crippen molar-refractivity contribution in [3.05, 3.63) is 34.9 Å². The molecule has 0 aliphatic carbocycles. The lowest BCUT2D eigenvalue weighted by atomic mass is 9.94. The maximum atomic E-state index is 4.21. The summed E-state index contributed by atoms with van der Waals surface area (Å²) in [6.07, 6.45) is 7.60. The Labute approximate surface area is 181 Å². The summed E-state index contributed by atoms with van der Waals surface area (Å²) in [6, 6.07) is 0.818. The molecule has 5 aliphatic heterocycles. The van der Waals surface area contributed by atoms with Gasteiger partial charge in [0.25, 0.3) is 0 Å². The maximum Gasteiger partial charge on any atom is 0.0772 e. The fourth-order valence-electron chi connectivity index (χ4n) is 5.34. The van der Waals surface area contributed by atoms with E-state index in [0.29, 0.717) is 0 Å². The average Bonchev–Trinajstić information content (AvgIpc) is 3.41. The number of piperidine rings is 1. The van der Waals surface area contributed by atoms with E-state index < -0.39 is 0 Å². The Hall–Kier alpha value is -1.38. The highest BCUT2D eigenvalue weighted by atomic mass is 15.2. The first kappa shape index (κ1) is 21.8. The van der Waals surface area contributed by atoms with E-state index in [1.165, 1.54) is 58.5 Å². The molecule has 7 heteroatoms. The van der Waals surface area contributed by atoms with Gasteiger partial charge in [-0.25, -0.2) is 0 Å². The number of fused-ring (bicyclic) bond motifs is 2. The van der Waals surface area contributed by atoms with Crippen molar-refractivity contribution in [2.45, 2.75) is 38.4 Å². The zero-order chi connectivity index (χ0) is 20.9. The zero-order valence-electron chi connectivity index (χ0n) is 19.0. The number of likely N-dealkylation sites (tertiary alicyclic amines) is 1. The molecule has 0 saturated carbocycles. The van der Waals surface area contributed by atoms with Crippen LogP contribution in [0, 0.1) is 5.92 Å². The maximum absolute atomic E-state index is 4.21. The predicted octanol–water partition coefficient (Wildman–Crippen LogP) is 0.944. The fraction of sp³-hybridized carbons (Fsp3) is 0.739. The number of nitrogens with zero attached hydrogens (tertiary/aromatic N) is 5. The molecule has 2 atom stereocenters. The van der Waals surface area contributed by atoms with Gasteiger partial charge in [-0.1, -0.05) is 5.57 Å². The quantitative estimate of drug-likeness (QED) is 0.614. The first-order valence-electron chi connectivity index (χ1n) is 11.6. The van der Waals surface area contributed by atoms with Crippen molar-refractivity contribution in [2.75, 3.05) is 67.0 Å². The number of likely N-dealkylation sites (N-methyl/N-ethyl adjacent to an activating group) is 2. The molecular formula is C23H39N7. The highest BCUT2D eigenvalue weighted by molar-refractivity contribution is 5.26. The molecule has 0 amide bonds. The van der Waals surface area contributed by atoms with Gasteiger partial charge in [0.15, 0.2) is 0 Å². The lowest BCUT2D eigenvalue weighted by Crippen LogP contribution is -2.40. The predicted molar refractivity (Wildman–Crippen MR) is 121 cm³/mol. The molecule has 30 heavy (non-hydrogen) atoms. The van der Waals surface area contributed by atoms with Crippen molar-refractivity contribution in [3.63, 3.8) is 0 Å². The first-order chi connectivity index (χ1) is 14.6. The minimum Gasteiger partial charge on any atom is -0.313 e. The number of rotatable bonds is 0. The van der Waals surface area contributed by atoms with Crippen molar-refractivity contribution >= 4 is 0 Å². The van der Waals surface area contributed by atoms with Crippen LogP contribution in [0.15, 0.2) is 23.5 Å². The Morgan fingerprint density at radius 1 is 0.833 bits per heavy atom. The van der Waals surface area contributed by atoms with Crippen LogP contribution in [0.2, 0.25) is 0 Å². The molecule has 2 saturated heterocycles. The smallest absolute Gasteiger partial charge is 0.0772 e.